The lowest BCUT2D eigenvalue weighted by atomic mass is 9.89. The highest BCUT2D eigenvalue weighted by Crippen LogP contribution is 2.29. The summed E-state index contributed by atoms with van der Waals surface area (Å²) in [6, 6.07) is 14.3. The molecule has 1 aliphatic rings. The van der Waals surface area contributed by atoms with Crippen molar-refractivity contribution >= 4 is 23.7 Å². The zero-order valence-corrected chi connectivity index (χ0v) is 18.5. The SMILES string of the molecule is CN(Cc1cccc(NC(=O)C2(C)Cc3ccccc3C(=O)O2)c1)C(=O)OC(C)(C)C. The first-order valence-corrected chi connectivity index (χ1v) is 10.1. The van der Waals surface area contributed by atoms with Crippen LogP contribution in [-0.2, 0) is 27.2 Å². The third-order valence-corrected chi connectivity index (χ3v) is 4.87. The van der Waals surface area contributed by atoms with Crippen LogP contribution in [0.3, 0.4) is 0 Å². The smallest absolute Gasteiger partial charge is 0.410 e. The van der Waals surface area contributed by atoms with Gasteiger partial charge in [-0.25, -0.2) is 9.59 Å². The Kier molecular flexibility index (Phi) is 6.06. The van der Waals surface area contributed by atoms with Gasteiger partial charge < -0.3 is 19.7 Å². The number of carbonyl (C=O) groups is 3. The molecule has 31 heavy (non-hydrogen) atoms. The highest BCUT2D eigenvalue weighted by molar-refractivity contribution is 6.02. The first-order chi connectivity index (χ1) is 14.5. The second-order valence-electron chi connectivity index (χ2n) is 8.95. The first kappa shape index (κ1) is 22.3. The van der Waals surface area contributed by atoms with E-state index in [1.54, 1.807) is 44.3 Å². The van der Waals surface area contributed by atoms with Crippen molar-refractivity contribution in [1.29, 1.82) is 0 Å². The number of nitrogens with one attached hydrogen (secondary N) is 1. The highest BCUT2D eigenvalue weighted by atomic mass is 16.6. The molecule has 2 amide bonds. The summed E-state index contributed by atoms with van der Waals surface area (Å²) in [6.07, 6.45) is -0.135. The molecular weight excluding hydrogens is 396 g/mol. The van der Waals surface area contributed by atoms with E-state index < -0.39 is 29.2 Å². The maximum atomic E-state index is 13.0. The predicted molar refractivity (Wildman–Crippen MR) is 117 cm³/mol. The van der Waals surface area contributed by atoms with Crippen LogP contribution in [0.4, 0.5) is 10.5 Å². The van der Waals surface area contributed by atoms with Gasteiger partial charge in [0.05, 0.1) is 5.56 Å². The van der Waals surface area contributed by atoms with Gasteiger partial charge in [0.1, 0.15) is 5.60 Å². The number of nitrogens with zero attached hydrogens (tertiary/aromatic N) is 1. The molecule has 0 bridgehead atoms. The molecule has 7 heteroatoms. The van der Waals surface area contributed by atoms with Crippen LogP contribution in [-0.4, -0.2) is 41.1 Å². The summed E-state index contributed by atoms with van der Waals surface area (Å²) < 4.78 is 10.9. The zero-order chi connectivity index (χ0) is 22.8. The van der Waals surface area contributed by atoms with Gasteiger partial charge in [-0.05, 0) is 57.0 Å². The number of rotatable bonds is 4. The van der Waals surface area contributed by atoms with E-state index in [2.05, 4.69) is 5.32 Å². The van der Waals surface area contributed by atoms with E-state index in [1.807, 2.05) is 39.0 Å². The Morgan fingerprint density at radius 2 is 1.87 bits per heavy atom. The lowest BCUT2D eigenvalue weighted by Gasteiger charge is -2.33. The average Bonchev–Trinajstić information content (AvgIpc) is 2.67. The molecule has 2 aromatic rings. The monoisotopic (exact) mass is 424 g/mol. The van der Waals surface area contributed by atoms with Crippen molar-refractivity contribution in [1.82, 2.24) is 4.90 Å². The van der Waals surface area contributed by atoms with Crippen LogP contribution in [0.2, 0.25) is 0 Å². The summed E-state index contributed by atoms with van der Waals surface area (Å²) >= 11 is 0. The Bertz CT molecular complexity index is 1010. The second kappa shape index (κ2) is 8.41. The number of cyclic esters (lactones) is 1. The Balaban J connectivity index is 1.69. The van der Waals surface area contributed by atoms with Gasteiger partial charge in [-0.3, -0.25) is 4.79 Å². The Morgan fingerprint density at radius 1 is 1.16 bits per heavy atom. The molecule has 7 nitrogen and oxygen atoms in total. The van der Waals surface area contributed by atoms with Crippen molar-refractivity contribution in [3.8, 4) is 0 Å². The van der Waals surface area contributed by atoms with E-state index in [4.69, 9.17) is 9.47 Å². The van der Waals surface area contributed by atoms with E-state index in [1.165, 1.54) is 4.90 Å². The van der Waals surface area contributed by atoms with Gasteiger partial charge in [0.15, 0.2) is 5.60 Å². The molecule has 1 N–H and O–H groups in total. The van der Waals surface area contributed by atoms with Gasteiger partial charge in [0.25, 0.3) is 5.91 Å². The summed E-state index contributed by atoms with van der Waals surface area (Å²) in [4.78, 5) is 39.0. The molecular formula is C24H28N2O5. The van der Waals surface area contributed by atoms with Crippen LogP contribution < -0.4 is 5.32 Å². The zero-order valence-electron chi connectivity index (χ0n) is 18.5. The lowest BCUT2D eigenvalue weighted by molar-refractivity contribution is -0.134. The predicted octanol–water partition coefficient (Wildman–Crippen LogP) is 4.16. The van der Waals surface area contributed by atoms with Crippen LogP contribution in [0.15, 0.2) is 48.5 Å². The molecule has 0 saturated heterocycles. The average molecular weight is 424 g/mol. The third kappa shape index (κ3) is 5.42. The number of carbonyl (C=O) groups excluding carboxylic acids is 3. The van der Waals surface area contributed by atoms with Crippen molar-refractivity contribution in [3.05, 3.63) is 65.2 Å². The van der Waals surface area contributed by atoms with Gasteiger partial charge in [-0.2, -0.15) is 0 Å². The number of anilines is 1. The van der Waals surface area contributed by atoms with Gasteiger partial charge in [-0.15, -0.1) is 0 Å². The summed E-state index contributed by atoms with van der Waals surface area (Å²) in [5.41, 5.74) is 0.754. The number of fused-ring (bicyclic) bond motifs is 1. The van der Waals surface area contributed by atoms with Crippen LogP contribution in [0.25, 0.3) is 0 Å². The standard InChI is InChI=1S/C24H28N2O5/c1-23(2,3)31-22(29)26(5)15-16-9-8-11-18(13-16)25-21(28)24(4)14-17-10-6-7-12-19(17)20(27)30-24/h6-13H,14-15H2,1-5H3,(H,25,28). The minimum atomic E-state index is -1.31. The fourth-order valence-electron chi connectivity index (χ4n) is 3.35. The van der Waals surface area contributed by atoms with Gasteiger partial charge in [0.2, 0.25) is 0 Å². The molecule has 164 valence electrons. The van der Waals surface area contributed by atoms with E-state index in [0.29, 0.717) is 24.2 Å². The van der Waals surface area contributed by atoms with Crippen molar-refractivity contribution in [2.45, 2.75) is 51.9 Å². The second-order valence-corrected chi connectivity index (χ2v) is 8.95. The van der Waals surface area contributed by atoms with Crippen molar-refractivity contribution < 1.29 is 23.9 Å². The summed E-state index contributed by atoms with van der Waals surface area (Å²) in [5, 5.41) is 2.83. The van der Waals surface area contributed by atoms with Crippen LogP contribution >= 0.6 is 0 Å². The largest absolute Gasteiger partial charge is 0.445 e. The molecule has 2 aromatic carbocycles. The molecule has 0 aliphatic carbocycles. The molecule has 0 radical (unpaired) electrons. The van der Waals surface area contributed by atoms with Gasteiger partial charge >= 0.3 is 12.1 Å². The summed E-state index contributed by atoms with van der Waals surface area (Å²) in [7, 11) is 1.65. The van der Waals surface area contributed by atoms with Crippen LogP contribution in [0.1, 0.15) is 49.2 Å². The molecule has 0 spiro atoms. The Labute approximate surface area is 182 Å². The maximum Gasteiger partial charge on any atom is 0.410 e. The number of benzene rings is 2. The van der Waals surface area contributed by atoms with E-state index in [0.717, 1.165) is 11.1 Å². The minimum Gasteiger partial charge on any atom is -0.445 e. The van der Waals surface area contributed by atoms with Crippen molar-refractivity contribution in [3.63, 3.8) is 0 Å². The van der Waals surface area contributed by atoms with Crippen LogP contribution in [0.5, 0.6) is 0 Å². The highest BCUT2D eigenvalue weighted by Gasteiger charge is 2.42. The molecule has 1 atom stereocenters. The quantitative estimate of drug-likeness (QED) is 0.745. The molecule has 1 aliphatic heterocycles. The molecule has 1 unspecified atom stereocenters. The summed E-state index contributed by atoms with van der Waals surface area (Å²) in [6.45, 7) is 7.36. The lowest BCUT2D eigenvalue weighted by Crippen LogP contribution is -2.48. The van der Waals surface area contributed by atoms with E-state index >= 15 is 0 Å². The van der Waals surface area contributed by atoms with Gasteiger partial charge in [0, 0.05) is 25.7 Å². The number of amides is 2. The fourth-order valence-corrected chi connectivity index (χ4v) is 3.35. The fraction of sp³-hybridized carbons (Fsp3) is 0.375. The first-order valence-electron chi connectivity index (χ1n) is 10.1. The maximum absolute atomic E-state index is 13.0. The molecule has 0 saturated carbocycles. The molecule has 1 heterocycles. The van der Waals surface area contributed by atoms with Crippen molar-refractivity contribution in [2.24, 2.45) is 0 Å². The Hall–Kier alpha value is -3.35. The third-order valence-electron chi connectivity index (χ3n) is 4.87. The number of hydrogen-bond donors (Lipinski definition) is 1. The van der Waals surface area contributed by atoms with E-state index in [-0.39, 0.29) is 0 Å². The summed E-state index contributed by atoms with van der Waals surface area (Å²) in [5.74, 6) is -0.916. The Morgan fingerprint density at radius 3 is 2.58 bits per heavy atom. The van der Waals surface area contributed by atoms with Crippen LogP contribution in [0, 0.1) is 0 Å². The van der Waals surface area contributed by atoms with Gasteiger partial charge in [-0.1, -0.05) is 30.3 Å². The minimum absolute atomic E-state index is 0.293. The normalized spacial score (nSPS) is 17.9. The number of ether oxygens (including phenoxy) is 2. The van der Waals surface area contributed by atoms with Crippen molar-refractivity contribution in [2.75, 3.05) is 12.4 Å². The number of hydrogen-bond acceptors (Lipinski definition) is 5. The molecule has 0 fully saturated rings. The topological polar surface area (TPSA) is 84.9 Å². The van der Waals surface area contributed by atoms with E-state index in [9.17, 15) is 14.4 Å². The number of esters is 1. The molecule has 0 aromatic heterocycles. The molecule has 3 rings (SSSR count).